The molecule has 0 atom stereocenters. The number of likely N-dealkylation sites (N-methyl/N-ethyl adjacent to an activating group) is 1. The van der Waals surface area contributed by atoms with Crippen LogP contribution in [0.1, 0.15) is 16.8 Å². The molecule has 226 valence electrons. The summed E-state index contributed by atoms with van der Waals surface area (Å²) in [6.07, 6.45) is 4.69. The molecule has 0 unspecified atom stereocenters. The number of anilines is 2. The topological polar surface area (TPSA) is 117 Å². The van der Waals surface area contributed by atoms with E-state index in [2.05, 4.69) is 20.9 Å². The van der Waals surface area contributed by atoms with E-state index in [0.29, 0.717) is 44.2 Å². The fourth-order valence-electron chi connectivity index (χ4n) is 3.88. The van der Waals surface area contributed by atoms with Crippen molar-refractivity contribution in [1.82, 2.24) is 20.0 Å². The summed E-state index contributed by atoms with van der Waals surface area (Å²) in [4.78, 5) is 42.4. The van der Waals surface area contributed by atoms with Crippen LogP contribution < -0.4 is 25.6 Å². The molecule has 3 N–H and O–H groups in total. The van der Waals surface area contributed by atoms with Crippen LogP contribution in [0.25, 0.3) is 11.7 Å². The predicted octanol–water partition coefficient (Wildman–Crippen LogP) is 6.15. The third-order valence-electron chi connectivity index (χ3n) is 6.22. The van der Waals surface area contributed by atoms with Gasteiger partial charge in [-0.1, -0.05) is 46.9 Å². The summed E-state index contributed by atoms with van der Waals surface area (Å²) in [6, 6.07) is 13.3. The quantitative estimate of drug-likeness (QED) is 0.186. The summed E-state index contributed by atoms with van der Waals surface area (Å²) < 4.78 is 7.71. The van der Waals surface area contributed by atoms with Crippen LogP contribution in [0.4, 0.5) is 16.2 Å². The van der Waals surface area contributed by atoms with E-state index in [0.717, 1.165) is 5.56 Å². The van der Waals surface area contributed by atoms with Crippen molar-refractivity contribution in [3.8, 4) is 5.75 Å². The number of amides is 4. The highest BCUT2D eigenvalue weighted by Gasteiger charge is 2.20. The summed E-state index contributed by atoms with van der Waals surface area (Å²) in [5.74, 6) is -0.365. The Morgan fingerprint density at radius 3 is 2.49 bits per heavy atom. The SMILES string of the molecule is CNC(=O)Nc1ccc(C=CC(=O)NCC(=O)N(C)c2ccc(Cl)c(COc3cccn4c(Cl)c(C)nc34)c2Cl)cc1.Cl. The zero-order valence-electron chi connectivity index (χ0n) is 23.3. The molecule has 4 rings (SSSR count). The van der Waals surface area contributed by atoms with Gasteiger partial charge in [-0.3, -0.25) is 14.0 Å². The van der Waals surface area contributed by atoms with Crippen molar-refractivity contribution >= 4 is 88.2 Å². The number of pyridine rings is 1. The highest BCUT2D eigenvalue weighted by Crippen LogP contribution is 2.35. The first kappa shape index (κ1) is 33.5. The van der Waals surface area contributed by atoms with E-state index in [1.165, 1.54) is 18.0 Å². The molecule has 0 aliphatic carbocycles. The summed E-state index contributed by atoms with van der Waals surface area (Å²) in [5.41, 5.74) is 3.44. The molecule has 4 amide bonds. The first-order chi connectivity index (χ1) is 20.1. The number of aromatic nitrogens is 2. The molecule has 43 heavy (non-hydrogen) atoms. The summed E-state index contributed by atoms with van der Waals surface area (Å²) in [7, 11) is 3.07. The van der Waals surface area contributed by atoms with Gasteiger partial charge in [-0.2, -0.15) is 0 Å². The average molecular weight is 666 g/mol. The monoisotopic (exact) mass is 664 g/mol. The number of rotatable bonds is 9. The number of benzene rings is 2. The largest absolute Gasteiger partial charge is 0.485 e. The number of carbonyl (C=O) groups excluding carboxylic acids is 3. The third-order valence-corrected chi connectivity index (χ3v) is 7.46. The Balaban J connectivity index is 0.00000506. The number of nitrogens with one attached hydrogen (secondary N) is 3. The van der Waals surface area contributed by atoms with Crippen molar-refractivity contribution in [2.75, 3.05) is 30.9 Å². The molecule has 4 aromatic rings. The van der Waals surface area contributed by atoms with E-state index in [9.17, 15) is 14.4 Å². The smallest absolute Gasteiger partial charge is 0.318 e. The zero-order valence-corrected chi connectivity index (χ0v) is 26.4. The second kappa shape index (κ2) is 15.0. The second-order valence-electron chi connectivity index (χ2n) is 9.03. The number of hydrogen-bond acceptors (Lipinski definition) is 5. The lowest BCUT2D eigenvalue weighted by Crippen LogP contribution is -2.37. The minimum Gasteiger partial charge on any atom is -0.485 e. The molecular weight excluding hydrogens is 638 g/mol. The highest BCUT2D eigenvalue weighted by molar-refractivity contribution is 6.38. The lowest BCUT2D eigenvalue weighted by molar-refractivity contribution is -0.122. The van der Waals surface area contributed by atoms with Crippen LogP contribution in [0.15, 0.2) is 60.8 Å². The molecule has 2 aromatic carbocycles. The van der Waals surface area contributed by atoms with E-state index in [-0.39, 0.29) is 36.6 Å². The Bertz CT molecular complexity index is 1670. The number of urea groups is 1. The molecule has 0 fully saturated rings. The number of imidazole rings is 1. The zero-order chi connectivity index (χ0) is 30.4. The van der Waals surface area contributed by atoms with Crippen LogP contribution in [0.5, 0.6) is 5.75 Å². The molecule has 2 heterocycles. The molecule has 0 spiro atoms. The number of halogens is 4. The van der Waals surface area contributed by atoms with Crippen LogP contribution in [-0.4, -0.2) is 47.9 Å². The first-order valence-electron chi connectivity index (χ1n) is 12.6. The van der Waals surface area contributed by atoms with Crippen LogP contribution >= 0.6 is 47.2 Å². The van der Waals surface area contributed by atoms with Crippen LogP contribution in [-0.2, 0) is 16.2 Å². The number of fused-ring (bicyclic) bond motifs is 1. The van der Waals surface area contributed by atoms with E-state index < -0.39 is 11.8 Å². The Hall–Kier alpha value is -3.96. The van der Waals surface area contributed by atoms with Gasteiger partial charge in [0.25, 0.3) is 0 Å². The number of nitrogens with zero attached hydrogens (tertiary/aromatic N) is 3. The van der Waals surface area contributed by atoms with Crippen molar-refractivity contribution in [2.45, 2.75) is 13.5 Å². The van der Waals surface area contributed by atoms with Crippen molar-refractivity contribution in [2.24, 2.45) is 0 Å². The highest BCUT2D eigenvalue weighted by atomic mass is 35.5. The Labute approximate surface area is 269 Å². The standard InChI is InChI=1S/C29H27Cl3N6O4.ClH/c1-17-27(32)38-14-4-5-23(28(38)35-17)42-16-20-21(30)11-12-22(26(20)31)37(3)25(40)15-34-24(39)13-8-18-6-9-19(10-7-18)36-29(41)33-2;/h4-14H,15-16H2,1-3H3,(H,34,39)(H2,33,36,41);1H. The van der Waals surface area contributed by atoms with Gasteiger partial charge in [0.2, 0.25) is 11.8 Å². The van der Waals surface area contributed by atoms with E-state index >= 15 is 0 Å². The van der Waals surface area contributed by atoms with Gasteiger partial charge < -0.3 is 25.6 Å². The van der Waals surface area contributed by atoms with Crippen molar-refractivity contribution in [3.05, 3.63) is 92.8 Å². The van der Waals surface area contributed by atoms with Gasteiger partial charge in [0, 0.05) is 42.6 Å². The molecule has 10 nitrogen and oxygen atoms in total. The molecule has 0 aliphatic heterocycles. The van der Waals surface area contributed by atoms with Crippen molar-refractivity contribution in [3.63, 3.8) is 0 Å². The van der Waals surface area contributed by atoms with Crippen molar-refractivity contribution < 1.29 is 19.1 Å². The van der Waals surface area contributed by atoms with Gasteiger partial charge in [-0.15, -0.1) is 12.4 Å². The molecular formula is C29H28Cl4N6O4. The number of hydrogen-bond donors (Lipinski definition) is 3. The Kier molecular flexibility index (Phi) is 11.7. The van der Waals surface area contributed by atoms with Gasteiger partial charge >= 0.3 is 6.03 Å². The molecule has 0 bridgehead atoms. The minimum atomic E-state index is -0.455. The molecule has 14 heteroatoms. The van der Waals surface area contributed by atoms with E-state index in [1.54, 1.807) is 79.2 Å². The maximum atomic E-state index is 12.9. The van der Waals surface area contributed by atoms with E-state index in [1.807, 2.05) is 0 Å². The molecule has 0 aliphatic rings. The molecule has 0 saturated heterocycles. The molecule has 0 saturated carbocycles. The Morgan fingerprint density at radius 2 is 1.79 bits per heavy atom. The number of carbonyl (C=O) groups is 3. The summed E-state index contributed by atoms with van der Waals surface area (Å²) >= 11 is 19.4. The maximum Gasteiger partial charge on any atom is 0.318 e. The van der Waals surface area contributed by atoms with Crippen LogP contribution in [0.3, 0.4) is 0 Å². The van der Waals surface area contributed by atoms with Gasteiger partial charge in [0.15, 0.2) is 11.4 Å². The fraction of sp³-hybridized carbons (Fsp3) is 0.172. The van der Waals surface area contributed by atoms with Gasteiger partial charge in [-0.25, -0.2) is 9.78 Å². The maximum absolute atomic E-state index is 12.9. The lowest BCUT2D eigenvalue weighted by Gasteiger charge is -2.21. The van der Waals surface area contributed by atoms with Gasteiger partial charge in [-0.05, 0) is 55.0 Å². The van der Waals surface area contributed by atoms with Gasteiger partial charge in [0.1, 0.15) is 11.8 Å². The number of ether oxygens (including phenoxy) is 1. The molecule has 0 radical (unpaired) electrons. The average Bonchev–Trinajstić information content (AvgIpc) is 3.28. The van der Waals surface area contributed by atoms with Crippen LogP contribution in [0.2, 0.25) is 15.2 Å². The third kappa shape index (κ3) is 8.11. The summed E-state index contributed by atoms with van der Waals surface area (Å²) in [5, 5.41) is 8.77. The first-order valence-corrected chi connectivity index (χ1v) is 13.8. The lowest BCUT2D eigenvalue weighted by atomic mass is 10.2. The fourth-order valence-corrected chi connectivity index (χ4v) is 4.67. The normalized spacial score (nSPS) is 10.7. The van der Waals surface area contributed by atoms with Crippen molar-refractivity contribution in [1.29, 1.82) is 0 Å². The summed E-state index contributed by atoms with van der Waals surface area (Å²) in [6.45, 7) is 1.55. The van der Waals surface area contributed by atoms with E-state index in [4.69, 9.17) is 39.5 Å². The van der Waals surface area contributed by atoms with Gasteiger partial charge in [0.05, 0.1) is 22.9 Å². The Morgan fingerprint density at radius 1 is 1.07 bits per heavy atom. The second-order valence-corrected chi connectivity index (χ2v) is 10.2. The predicted molar refractivity (Wildman–Crippen MR) is 173 cm³/mol. The van der Waals surface area contributed by atoms with Crippen LogP contribution in [0, 0.1) is 6.92 Å². The minimum absolute atomic E-state index is 0. The molecule has 2 aromatic heterocycles. The number of aryl methyl sites for hydroxylation is 1.